The van der Waals surface area contributed by atoms with E-state index >= 15 is 0 Å². The molecule has 5 N–H and O–H groups in total. The lowest BCUT2D eigenvalue weighted by Crippen LogP contribution is -2.58. The van der Waals surface area contributed by atoms with Crippen molar-refractivity contribution < 1.29 is 68.5 Å². The number of rotatable bonds is 22. The molecule has 56 heavy (non-hydrogen) atoms. The minimum Gasteiger partial charge on any atom is -0.490 e. The monoisotopic (exact) mass is 814 g/mol. The maximum atomic E-state index is 13.0. The summed E-state index contributed by atoms with van der Waals surface area (Å²) in [5.41, 5.74) is 1.99. The first-order valence-corrected chi connectivity index (χ1v) is 19.4. The summed E-state index contributed by atoms with van der Waals surface area (Å²) in [5, 5.41) is 38.4. The standard InChI is InChI=1S/C37H55ClN4O14/c1-48-18-4-16-40-17-20-49-33-15-6-26(21-32(33)40)24-51-34-22-39-23-35(55-37(43)50-19-3-2-5-31(56-42(46)47)25-52-41(44)45)36(34)54-30-13-11-29(12-14-30)53-28-9-7-27(38)8-10-28/h6-10,15,21,29-31,34-36,39,44-47H,2-5,11-14,16-20,22-25H2,1H3. The van der Waals surface area contributed by atoms with E-state index in [2.05, 4.69) is 21.1 Å². The lowest BCUT2D eigenvalue weighted by atomic mass is 9.94. The number of unbranched alkanes of at least 4 members (excludes halogenated alkanes) is 1. The van der Waals surface area contributed by atoms with Gasteiger partial charge in [-0.25, -0.2) is 14.5 Å². The van der Waals surface area contributed by atoms with Crippen LogP contribution in [0.5, 0.6) is 11.5 Å². The summed E-state index contributed by atoms with van der Waals surface area (Å²) in [6.07, 6.45) is 1.40. The average Bonchev–Trinajstić information content (AvgIpc) is 3.18. The van der Waals surface area contributed by atoms with E-state index in [4.69, 9.17) is 70.4 Å². The van der Waals surface area contributed by atoms with Crippen molar-refractivity contribution in [3.8, 4) is 11.5 Å². The molecule has 2 aromatic rings. The smallest absolute Gasteiger partial charge is 0.490 e. The zero-order valence-electron chi connectivity index (χ0n) is 31.6. The number of carbonyl (C=O) groups is 1. The third-order valence-corrected chi connectivity index (χ3v) is 9.99. The number of anilines is 1. The van der Waals surface area contributed by atoms with Gasteiger partial charge in [-0.05, 0) is 93.3 Å². The zero-order valence-corrected chi connectivity index (χ0v) is 32.4. The van der Waals surface area contributed by atoms with Gasteiger partial charge in [-0.1, -0.05) is 17.7 Å². The largest absolute Gasteiger partial charge is 0.508 e. The summed E-state index contributed by atoms with van der Waals surface area (Å²) in [6.45, 7) is 3.69. The van der Waals surface area contributed by atoms with Gasteiger partial charge < -0.3 is 43.4 Å². The van der Waals surface area contributed by atoms with Crippen LogP contribution >= 0.6 is 11.6 Å². The second kappa shape index (κ2) is 23.4. The Morgan fingerprint density at radius 1 is 0.964 bits per heavy atom. The van der Waals surface area contributed by atoms with Gasteiger partial charge in [0.25, 0.3) is 0 Å². The van der Waals surface area contributed by atoms with E-state index in [0.717, 1.165) is 67.9 Å². The molecule has 3 aliphatic rings. The first kappa shape index (κ1) is 44.0. The Morgan fingerprint density at radius 2 is 1.73 bits per heavy atom. The van der Waals surface area contributed by atoms with Gasteiger partial charge in [0.1, 0.15) is 49.1 Å². The highest BCUT2D eigenvalue weighted by atomic mass is 35.5. The molecule has 2 aromatic carbocycles. The number of ether oxygens (including phenoxy) is 7. The number of piperidine rings is 1. The van der Waals surface area contributed by atoms with E-state index in [1.165, 1.54) is 0 Å². The van der Waals surface area contributed by atoms with Crippen LogP contribution in [-0.4, -0.2) is 134 Å². The molecule has 0 amide bonds. The molecular formula is C37H55ClN4O14. The lowest BCUT2D eigenvalue weighted by Gasteiger charge is -2.40. The molecule has 4 unspecified atom stereocenters. The highest BCUT2D eigenvalue weighted by molar-refractivity contribution is 6.30. The first-order chi connectivity index (χ1) is 27.2. The number of carbonyl (C=O) groups excluding carboxylic acids is 1. The number of hydrogen-bond acceptors (Lipinski definition) is 18. The Labute approximate surface area is 331 Å². The number of methoxy groups -OCH3 is 1. The molecule has 314 valence electrons. The molecule has 0 spiro atoms. The highest BCUT2D eigenvalue weighted by Gasteiger charge is 2.40. The Balaban J connectivity index is 1.17. The van der Waals surface area contributed by atoms with E-state index in [-0.39, 0.29) is 25.2 Å². The van der Waals surface area contributed by atoms with Crippen molar-refractivity contribution in [1.82, 2.24) is 16.1 Å². The normalized spacial score (nSPS) is 23.1. The van der Waals surface area contributed by atoms with Gasteiger partial charge in [-0.2, -0.15) is 0 Å². The van der Waals surface area contributed by atoms with Crippen LogP contribution in [0.2, 0.25) is 5.02 Å². The van der Waals surface area contributed by atoms with Crippen molar-refractivity contribution in [2.45, 2.75) is 94.6 Å². The molecule has 2 heterocycles. The van der Waals surface area contributed by atoms with Crippen LogP contribution in [0.1, 0.15) is 56.9 Å². The van der Waals surface area contributed by atoms with Gasteiger partial charge in [0.15, 0.2) is 0 Å². The fraction of sp³-hybridized carbons (Fsp3) is 0.649. The third-order valence-electron chi connectivity index (χ3n) is 9.74. The summed E-state index contributed by atoms with van der Waals surface area (Å²) in [7, 11) is 1.70. The molecule has 0 aromatic heterocycles. The number of halogens is 1. The summed E-state index contributed by atoms with van der Waals surface area (Å²) in [5.74, 6) is 1.61. The van der Waals surface area contributed by atoms with E-state index in [1.54, 1.807) is 19.2 Å². The molecule has 19 heteroatoms. The van der Waals surface area contributed by atoms with Gasteiger partial charge in [0.05, 0.1) is 48.4 Å². The Morgan fingerprint density at radius 3 is 2.48 bits per heavy atom. The van der Waals surface area contributed by atoms with Crippen LogP contribution in [0.4, 0.5) is 10.5 Å². The van der Waals surface area contributed by atoms with Gasteiger partial charge in [-0.3, -0.25) is 20.8 Å². The molecule has 1 saturated carbocycles. The SMILES string of the molecule is COCCCN1CCOc2ccc(COC3CNCC(OC(=O)OCCCCC(CON(O)O)ON(O)O)C3OC3CCC(Oc4ccc(Cl)cc4)CC3)cc21. The first-order valence-electron chi connectivity index (χ1n) is 19.0. The number of hydrogen-bond donors (Lipinski definition) is 5. The van der Waals surface area contributed by atoms with E-state index in [1.807, 2.05) is 24.3 Å². The topological polar surface area (TPSA) is 203 Å². The molecule has 18 nitrogen and oxygen atoms in total. The quantitative estimate of drug-likeness (QED) is 0.0608. The van der Waals surface area contributed by atoms with Crippen LogP contribution in [0.3, 0.4) is 0 Å². The van der Waals surface area contributed by atoms with Crippen molar-refractivity contribution >= 4 is 23.4 Å². The molecule has 2 fully saturated rings. The lowest BCUT2D eigenvalue weighted by molar-refractivity contribution is -0.527. The second-order valence-corrected chi connectivity index (χ2v) is 14.3. The number of nitrogens with one attached hydrogen (secondary N) is 1. The number of nitrogens with zero attached hydrogens (tertiary/aromatic N) is 3. The maximum absolute atomic E-state index is 13.0. The third kappa shape index (κ3) is 14.7. The molecule has 1 aliphatic carbocycles. The summed E-state index contributed by atoms with van der Waals surface area (Å²) in [4.78, 5) is 24.5. The second-order valence-electron chi connectivity index (χ2n) is 13.8. The van der Waals surface area contributed by atoms with Gasteiger partial charge in [-0.15, -0.1) is 0 Å². The van der Waals surface area contributed by atoms with E-state index in [9.17, 15) is 4.79 Å². The predicted molar refractivity (Wildman–Crippen MR) is 197 cm³/mol. The molecule has 2 aliphatic heterocycles. The van der Waals surface area contributed by atoms with Crippen LogP contribution in [-0.2, 0) is 40.0 Å². The van der Waals surface area contributed by atoms with Gasteiger partial charge in [0.2, 0.25) is 0 Å². The highest BCUT2D eigenvalue weighted by Crippen LogP contribution is 2.34. The molecular weight excluding hydrogens is 760 g/mol. The number of benzene rings is 2. The van der Waals surface area contributed by atoms with Crippen molar-refractivity contribution in [1.29, 1.82) is 0 Å². The van der Waals surface area contributed by atoms with Gasteiger partial charge in [0, 0.05) is 38.4 Å². The van der Waals surface area contributed by atoms with Crippen LogP contribution < -0.4 is 19.7 Å². The van der Waals surface area contributed by atoms with Crippen LogP contribution in [0, 0.1) is 0 Å². The molecule has 0 bridgehead atoms. The predicted octanol–water partition coefficient (Wildman–Crippen LogP) is 4.92. The van der Waals surface area contributed by atoms with E-state index in [0.29, 0.717) is 50.8 Å². The Hall–Kier alpha value is -3.08. The summed E-state index contributed by atoms with van der Waals surface area (Å²) >= 11 is 6.04. The fourth-order valence-corrected chi connectivity index (χ4v) is 7.10. The summed E-state index contributed by atoms with van der Waals surface area (Å²) < 4.78 is 41.9. The fourth-order valence-electron chi connectivity index (χ4n) is 6.97. The maximum Gasteiger partial charge on any atom is 0.508 e. The van der Waals surface area contributed by atoms with E-state index < -0.39 is 48.0 Å². The average molecular weight is 815 g/mol. The molecule has 0 radical (unpaired) electrons. The van der Waals surface area contributed by atoms with Crippen molar-refractivity contribution in [2.75, 3.05) is 64.6 Å². The van der Waals surface area contributed by atoms with Gasteiger partial charge >= 0.3 is 6.16 Å². The van der Waals surface area contributed by atoms with Crippen LogP contribution in [0.15, 0.2) is 42.5 Å². The summed E-state index contributed by atoms with van der Waals surface area (Å²) in [6, 6.07) is 13.4. The minimum absolute atomic E-state index is 0.00820. The number of fused-ring (bicyclic) bond motifs is 1. The molecule has 5 rings (SSSR count). The van der Waals surface area contributed by atoms with Crippen molar-refractivity contribution in [2.24, 2.45) is 0 Å². The molecule has 4 atom stereocenters. The van der Waals surface area contributed by atoms with Crippen molar-refractivity contribution in [3.05, 3.63) is 53.1 Å². The van der Waals surface area contributed by atoms with Crippen LogP contribution in [0.25, 0.3) is 0 Å². The Kier molecular flexibility index (Phi) is 18.4. The molecule has 1 saturated heterocycles. The zero-order chi connectivity index (χ0) is 39.7. The van der Waals surface area contributed by atoms with Crippen molar-refractivity contribution in [3.63, 3.8) is 0 Å². The Bertz CT molecular complexity index is 1440. The minimum atomic E-state index is -0.935.